The number of ether oxygens (including phenoxy) is 11. The van der Waals surface area contributed by atoms with E-state index in [0.717, 1.165) is 57.6 Å². The van der Waals surface area contributed by atoms with Crippen molar-refractivity contribution in [1.29, 1.82) is 0 Å². The van der Waals surface area contributed by atoms with Gasteiger partial charge in [-0.3, -0.25) is 24.5 Å². The Bertz CT molecular complexity index is 3540. The average Bonchev–Trinajstić information content (AvgIpc) is 1.68. The minimum absolute atomic E-state index is 0.184. The third-order valence-electron chi connectivity index (χ3n) is 15.8. The van der Waals surface area contributed by atoms with E-state index < -0.39 is 18.0 Å². The second-order valence-electron chi connectivity index (χ2n) is 23.0. The van der Waals surface area contributed by atoms with Crippen molar-refractivity contribution in [3.05, 3.63) is 131 Å². The number of nitrogens with zero attached hydrogens (tertiary/aromatic N) is 6. The van der Waals surface area contributed by atoms with Crippen LogP contribution in [0.15, 0.2) is 104 Å². The van der Waals surface area contributed by atoms with Crippen molar-refractivity contribution in [3.8, 4) is 17.0 Å². The lowest BCUT2D eigenvalue weighted by Gasteiger charge is -2.29. The summed E-state index contributed by atoms with van der Waals surface area (Å²) in [5.74, 6) is -0.465. The molecule has 0 saturated carbocycles. The summed E-state index contributed by atoms with van der Waals surface area (Å²) in [6.07, 6.45) is 6.05. The number of imide groups is 1. The number of rotatable bonds is 47. The summed E-state index contributed by atoms with van der Waals surface area (Å²) >= 11 is 6.37. The number of hydrogen-bond acceptors (Lipinski definition) is 21. The number of amides is 6. The van der Waals surface area contributed by atoms with Gasteiger partial charge in [-0.2, -0.15) is 0 Å². The van der Waals surface area contributed by atoms with Crippen molar-refractivity contribution in [2.75, 3.05) is 194 Å². The van der Waals surface area contributed by atoms with Gasteiger partial charge in [-0.15, -0.1) is 0 Å². The zero-order valence-corrected chi connectivity index (χ0v) is 57.2. The quantitative estimate of drug-likeness (QED) is 0.0146. The number of carbonyl (C=O) groups is 5. The molecule has 5 N–H and O–H groups in total. The summed E-state index contributed by atoms with van der Waals surface area (Å²) in [6, 6.07) is 23.3. The fraction of sp³-hybridized carbons (Fsp3) is 0.471. The average molecular weight is 1380 g/mol. The molecule has 0 bridgehead atoms. The monoisotopic (exact) mass is 1380 g/mol. The molecule has 4 heterocycles. The van der Waals surface area contributed by atoms with Crippen LogP contribution in [0.5, 0.6) is 5.75 Å². The second-order valence-corrected chi connectivity index (χ2v) is 23.4. The van der Waals surface area contributed by atoms with Gasteiger partial charge in [0.15, 0.2) is 0 Å². The zero-order valence-electron chi connectivity index (χ0n) is 56.4. The van der Waals surface area contributed by atoms with E-state index in [1.54, 1.807) is 31.5 Å². The molecule has 28 heteroatoms. The van der Waals surface area contributed by atoms with E-state index in [9.17, 15) is 24.0 Å². The molecule has 8 rings (SSSR count). The molecule has 4 aromatic carbocycles. The van der Waals surface area contributed by atoms with Crippen LogP contribution < -0.4 is 36.2 Å². The van der Waals surface area contributed by atoms with Crippen molar-refractivity contribution in [1.82, 2.24) is 35.0 Å². The Morgan fingerprint density at radius 1 is 0.684 bits per heavy atom. The number of halogens is 1. The molecule has 6 amide bonds. The first kappa shape index (κ1) is 75.6. The van der Waals surface area contributed by atoms with Crippen LogP contribution in [0.2, 0.25) is 5.02 Å². The number of fused-ring (bicyclic) bond motifs is 2. The van der Waals surface area contributed by atoms with Crippen LogP contribution in [0.4, 0.5) is 33.5 Å². The topological polar surface area (TPSA) is 287 Å². The molecule has 2 aliphatic rings. The van der Waals surface area contributed by atoms with Crippen LogP contribution in [0, 0.1) is 0 Å². The molecule has 0 aliphatic carbocycles. The third-order valence-corrected chi connectivity index (χ3v) is 16.0. The number of aryl methyl sites for hydroxylation is 1. The Labute approximate surface area is 576 Å². The molecule has 1 unspecified atom stereocenters. The molecule has 530 valence electrons. The Hall–Kier alpha value is -8.16. The van der Waals surface area contributed by atoms with Gasteiger partial charge in [0.25, 0.3) is 5.91 Å². The Balaban J connectivity index is 0.543. The SMILES string of the molecule is C=CC(=O)Nc1cc(Nc2nccc(-c3cn(C)c4ccccc34)n2)c(OC)cc1N(C)CCN(C)CCOCCOCCOCCOCCOCCOCCOCCOCCOCCOCCc1cc(Cl)cc(NC(=O)NCc2ccc3c(c2)CN(C2CCC(=O)NC2=O)C3=O)c1. The van der Waals surface area contributed by atoms with Crippen LogP contribution >= 0.6 is 11.6 Å². The van der Waals surface area contributed by atoms with Gasteiger partial charge in [-0.25, -0.2) is 14.8 Å². The van der Waals surface area contributed by atoms with Crippen molar-refractivity contribution >= 4 is 80.9 Å². The molecule has 2 aromatic heterocycles. The smallest absolute Gasteiger partial charge is 0.319 e. The molecular formula is C70H92ClN11O16. The number of piperidine rings is 1. The number of nitrogens with one attached hydrogen (secondary N) is 5. The van der Waals surface area contributed by atoms with Crippen LogP contribution in [0.3, 0.4) is 0 Å². The molecular weight excluding hydrogens is 1290 g/mol. The highest BCUT2D eigenvalue weighted by Gasteiger charge is 2.39. The Morgan fingerprint density at radius 2 is 1.30 bits per heavy atom. The van der Waals surface area contributed by atoms with Crippen LogP contribution in [-0.4, -0.2) is 233 Å². The molecule has 2 aliphatic heterocycles. The number of hydrogen-bond donors (Lipinski definition) is 5. The Morgan fingerprint density at radius 3 is 1.91 bits per heavy atom. The molecule has 1 saturated heterocycles. The third kappa shape index (κ3) is 24.7. The molecule has 1 fully saturated rings. The molecule has 0 spiro atoms. The number of methoxy groups -OCH3 is 1. The minimum Gasteiger partial charge on any atom is -0.494 e. The number of carbonyl (C=O) groups excluding carboxylic acids is 5. The number of para-hydroxylation sites is 1. The van der Waals surface area contributed by atoms with Crippen molar-refractivity contribution in [2.24, 2.45) is 7.05 Å². The lowest BCUT2D eigenvalue weighted by Crippen LogP contribution is -2.52. The van der Waals surface area contributed by atoms with E-state index in [1.807, 2.05) is 69.7 Å². The summed E-state index contributed by atoms with van der Waals surface area (Å²) in [4.78, 5) is 77.5. The highest BCUT2D eigenvalue weighted by atomic mass is 35.5. The van der Waals surface area contributed by atoms with Crippen molar-refractivity contribution < 1.29 is 76.1 Å². The summed E-state index contributed by atoms with van der Waals surface area (Å²) in [7, 11) is 7.61. The van der Waals surface area contributed by atoms with Gasteiger partial charge in [0, 0.05) is 104 Å². The van der Waals surface area contributed by atoms with E-state index in [2.05, 4.69) is 70.8 Å². The van der Waals surface area contributed by atoms with Gasteiger partial charge in [0.05, 0.1) is 162 Å². The van der Waals surface area contributed by atoms with Crippen molar-refractivity contribution in [2.45, 2.75) is 38.4 Å². The Kier molecular flexibility index (Phi) is 31.9. The summed E-state index contributed by atoms with van der Waals surface area (Å²) in [6.45, 7) is 15.2. The first-order valence-electron chi connectivity index (χ1n) is 32.8. The minimum atomic E-state index is -0.693. The predicted octanol–water partition coefficient (Wildman–Crippen LogP) is 7.02. The largest absolute Gasteiger partial charge is 0.494 e. The molecule has 27 nitrogen and oxygen atoms in total. The molecule has 0 radical (unpaired) electrons. The van der Waals surface area contributed by atoms with Crippen LogP contribution in [0.25, 0.3) is 22.2 Å². The number of aromatic nitrogens is 3. The van der Waals surface area contributed by atoms with Gasteiger partial charge in [-0.1, -0.05) is 48.5 Å². The summed E-state index contributed by atoms with van der Waals surface area (Å²) in [5.41, 5.74) is 8.25. The van der Waals surface area contributed by atoms with Gasteiger partial charge >= 0.3 is 6.03 Å². The second kappa shape index (κ2) is 41.3. The van der Waals surface area contributed by atoms with Gasteiger partial charge in [0.2, 0.25) is 23.7 Å². The normalized spacial score (nSPS) is 13.7. The van der Waals surface area contributed by atoms with E-state index in [4.69, 9.17) is 68.7 Å². The maximum absolute atomic E-state index is 13.0. The van der Waals surface area contributed by atoms with E-state index >= 15 is 0 Å². The first-order chi connectivity index (χ1) is 47.8. The van der Waals surface area contributed by atoms with Crippen LogP contribution in [0.1, 0.15) is 39.9 Å². The zero-order chi connectivity index (χ0) is 69.3. The van der Waals surface area contributed by atoms with Gasteiger partial charge < -0.3 is 92.6 Å². The fourth-order valence-corrected chi connectivity index (χ4v) is 10.9. The van der Waals surface area contributed by atoms with Gasteiger partial charge in [0.1, 0.15) is 11.8 Å². The standard InChI is InChI=1S/C70H92ClN11O16/c1-6-65(83)75-59-45-60(77-69-72-17-15-58(76-69)57-49-81(4)61-10-8-7-9-56(57)61)64(88-5)46-63(59)80(3)19-18-79(2)20-22-90-24-26-92-28-30-94-32-34-96-36-38-98-40-39-97-37-35-95-33-31-93-29-27-91-25-23-89-21-16-50-42-53(71)44-54(43-50)74-70(87)73-47-51-11-12-55-52(41-51)48-82(68(55)86)62-13-14-66(84)78-67(62)85/h6-12,15,17,41-46,49,62H,1,13-14,16,18-40,47-48H2,2-5H3,(H,75,83)(H,72,76,77)(H2,73,74,87)(H,78,84,85). The lowest BCUT2D eigenvalue weighted by molar-refractivity contribution is -0.137. The number of anilines is 5. The molecule has 6 aromatic rings. The highest BCUT2D eigenvalue weighted by molar-refractivity contribution is 6.31. The summed E-state index contributed by atoms with van der Waals surface area (Å²) in [5, 5.41) is 15.8. The van der Waals surface area contributed by atoms with Crippen molar-refractivity contribution in [3.63, 3.8) is 0 Å². The number of benzene rings is 4. The first-order valence-corrected chi connectivity index (χ1v) is 33.2. The fourth-order valence-electron chi connectivity index (χ4n) is 10.7. The van der Waals surface area contributed by atoms with E-state index in [-0.39, 0.29) is 43.7 Å². The predicted molar refractivity (Wildman–Crippen MR) is 372 cm³/mol. The number of likely N-dealkylation sites (N-methyl/N-ethyl adjacent to an activating group) is 2. The van der Waals surface area contributed by atoms with Crippen LogP contribution in [-0.2, 0) is 88.3 Å². The van der Waals surface area contributed by atoms with E-state index in [1.165, 1.54) is 11.0 Å². The lowest BCUT2D eigenvalue weighted by atomic mass is 10.0. The number of urea groups is 1. The highest BCUT2D eigenvalue weighted by Crippen LogP contribution is 2.39. The molecule has 98 heavy (non-hydrogen) atoms. The van der Waals surface area contributed by atoms with E-state index in [0.29, 0.717) is 184 Å². The molecule has 1 atom stereocenters. The summed E-state index contributed by atoms with van der Waals surface area (Å²) < 4.78 is 64.3. The maximum atomic E-state index is 13.0. The maximum Gasteiger partial charge on any atom is 0.319 e. The van der Waals surface area contributed by atoms with Gasteiger partial charge in [-0.05, 0) is 85.1 Å².